The first kappa shape index (κ1) is 53.9. The molecule has 0 aromatic heterocycles. The molecule has 1 heterocycles. The highest BCUT2D eigenvalue weighted by Crippen LogP contribution is 2.48. The lowest BCUT2D eigenvalue weighted by atomic mass is 9.84. The van der Waals surface area contributed by atoms with Gasteiger partial charge in [0.2, 0.25) is 0 Å². The maximum Gasteiger partial charge on any atom is 0.524 e. The molecular weight excluding hydrogens is 753 g/mol. The van der Waals surface area contributed by atoms with Gasteiger partial charge in [-0.25, -0.2) is 4.57 Å². The Morgan fingerprint density at radius 1 is 0.707 bits per heavy atom. The third-order valence-corrected chi connectivity index (χ3v) is 12.6. The summed E-state index contributed by atoms with van der Waals surface area (Å²) >= 11 is 0. The Balaban J connectivity index is 0.000000636. The van der Waals surface area contributed by atoms with E-state index in [2.05, 4.69) is 41.5 Å². The zero-order valence-corrected chi connectivity index (χ0v) is 39.2. The number of hydrogen-bond acceptors (Lipinski definition) is 6. The highest BCUT2D eigenvalue weighted by molar-refractivity contribution is 7.46. The second-order valence-electron chi connectivity index (χ2n) is 18.3. The summed E-state index contributed by atoms with van der Waals surface area (Å²) in [6.45, 7) is 21.2. The summed E-state index contributed by atoms with van der Waals surface area (Å²) in [5, 5.41) is 17.5. The molecule has 1 aromatic carbocycles. The first-order valence-corrected chi connectivity index (χ1v) is 24.5. The van der Waals surface area contributed by atoms with Crippen LogP contribution >= 0.6 is 7.82 Å². The van der Waals surface area contributed by atoms with Gasteiger partial charge in [0.05, 0.1) is 12.8 Å². The molecule has 10 nitrogen and oxygen atoms in total. The maximum atomic E-state index is 11.5. The summed E-state index contributed by atoms with van der Waals surface area (Å²) < 4.78 is 23.1. The van der Waals surface area contributed by atoms with Crippen LogP contribution in [0.4, 0.5) is 0 Å². The number of ether oxygens (including phenoxy) is 1. The summed E-state index contributed by atoms with van der Waals surface area (Å²) in [6.07, 6.45) is 26.1. The Bertz CT molecular complexity index is 1340. The van der Waals surface area contributed by atoms with Crippen molar-refractivity contribution >= 4 is 19.8 Å². The maximum absolute atomic E-state index is 11.5. The number of phosphoric ester groups is 1. The van der Waals surface area contributed by atoms with Gasteiger partial charge in [0.1, 0.15) is 17.1 Å². The number of unbranched alkanes of at least 4 members (excludes halogenated alkanes) is 9. The van der Waals surface area contributed by atoms with E-state index in [1.807, 2.05) is 25.7 Å². The van der Waals surface area contributed by atoms with Crippen LogP contribution in [0.5, 0.6) is 11.5 Å². The van der Waals surface area contributed by atoms with Crippen LogP contribution < -0.4 is 9.26 Å². The molecule has 1 aromatic rings. The Morgan fingerprint density at radius 3 is 1.67 bits per heavy atom. The van der Waals surface area contributed by atoms with Crippen LogP contribution in [0.25, 0.3) is 0 Å². The SMILES string of the molecule is CCCCCCCCCCCCN(CCC(=O)O)CCC(=O)O.Cc1c(C)c2c(c(C)c1OP(=O)(O)O)CCC(C)(CCCC(C)CCCC(C)CCCC(C)C)O2. The van der Waals surface area contributed by atoms with Gasteiger partial charge in [-0.15, -0.1) is 0 Å². The molecule has 3 unspecified atom stereocenters. The monoisotopic (exact) mass is 840 g/mol. The average molecular weight is 840 g/mol. The average Bonchev–Trinajstić information content (AvgIpc) is 3.13. The minimum Gasteiger partial charge on any atom is -0.487 e. The molecule has 1 aliphatic heterocycles. The van der Waals surface area contributed by atoms with Gasteiger partial charge in [0, 0.05) is 18.7 Å². The second kappa shape index (κ2) is 29.2. The first-order chi connectivity index (χ1) is 27.3. The number of benzene rings is 1. The Labute approximate surface area is 353 Å². The highest BCUT2D eigenvalue weighted by Gasteiger charge is 2.35. The van der Waals surface area contributed by atoms with E-state index in [1.54, 1.807) is 0 Å². The molecule has 0 fully saturated rings. The van der Waals surface area contributed by atoms with E-state index in [0.29, 0.717) is 18.8 Å². The Kier molecular flexibility index (Phi) is 27.1. The standard InChI is InChI=1S/C29H51O5P.C18H35NO4/c1-20(2)12-9-13-21(3)14-10-15-22(4)16-11-18-29(8)19-17-26-25(7)27(34-35(30,31)32)23(5)24(6)28(26)33-29;1-2-3-4-5-6-7-8-9-10-11-14-19(15-12-17(20)21)16-13-18(22)23/h20-22H,9-19H2,1-8H3,(H2,30,31,32);2-16H2,1H3,(H,20,21)(H,22,23). The van der Waals surface area contributed by atoms with Crippen molar-refractivity contribution < 1.29 is 43.4 Å². The molecule has 0 radical (unpaired) electrons. The molecule has 2 rings (SSSR count). The first-order valence-electron chi connectivity index (χ1n) is 23.0. The van der Waals surface area contributed by atoms with Crippen molar-refractivity contribution in [2.45, 2.75) is 216 Å². The van der Waals surface area contributed by atoms with Gasteiger partial charge in [-0.3, -0.25) is 19.4 Å². The number of phosphoric acid groups is 1. The number of carboxylic acids is 2. The van der Waals surface area contributed by atoms with E-state index in [1.165, 1.54) is 96.3 Å². The van der Waals surface area contributed by atoms with Crippen molar-refractivity contribution in [3.05, 3.63) is 22.3 Å². The van der Waals surface area contributed by atoms with E-state index < -0.39 is 19.8 Å². The summed E-state index contributed by atoms with van der Waals surface area (Å²) in [7, 11) is -4.61. The van der Waals surface area contributed by atoms with Gasteiger partial charge < -0.3 is 24.4 Å². The molecule has 0 bridgehead atoms. The number of fused-ring (bicyclic) bond motifs is 1. The molecule has 3 atom stereocenters. The molecule has 0 amide bonds. The van der Waals surface area contributed by atoms with Crippen molar-refractivity contribution in [1.29, 1.82) is 0 Å². The van der Waals surface area contributed by atoms with Gasteiger partial charge in [0.25, 0.3) is 0 Å². The fourth-order valence-corrected chi connectivity index (χ4v) is 8.69. The largest absolute Gasteiger partial charge is 0.524 e. The Morgan fingerprint density at radius 2 is 1.19 bits per heavy atom. The minimum atomic E-state index is -4.61. The summed E-state index contributed by atoms with van der Waals surface area (Å²) in [6, 6.07) is 0. The number of aliphatic carboxylic acids is 2. The van der Waals surface area contributed by atoms with E-state index in [-0.39, 0.29) is 18.4 Å². The van der Waals surface area contributed by atoms with Crippen LogP contribution in [0.3, 0.4) is 0 Å². The van der Waals surface area contributed by atoms with Crippen molar-refractivity contribution in [3.8, 4) is 11.5 Å². The molecule has 0 aliphatic carbocycles. The molecule has 0 spiro atoms. The van der Waals surface area contributed by atoms with Crippen LogP contribution in [0.2, 0.25) is 0 Å². The van der Waals surface area contributed by atoms with Crippen LogP contribution in [-0.4, -0.2) is 62.1 Å². The second-order valence-corrected chi connectivity index (χ2v) is 19.5. The van der Waals surface area contributed by atoms with Gasteiger partial charge in [0.15, 0.2) is 0 Å². The lowest BCUT2D eigenvalue weighted by Crippen LogP contribution is -2.37. The van der Waals surface area contributed by atoms with Crippen LogP contribution in [0, 0.1) is 38.5 Å². The summed E-state index contributed by atoms with van der Waals surface area (Å²) in [5.74, 6) is 1.94. The molecule has 338 valence electrons. The fourth-order valence-electron chi connectivity index (χ4n) is 8.18. The highest BCUT2D eigenvalue weighted by atomic mass is 31.2. The van der Waals surface area contributed by atoms with Crippen molar-refractivity contribution in [2.24, 2.45) is 17.8 Å². The van der Waals surface area contributed by atoms with Gasteiger partial charge in [-0.2, -0.15) is 0 Å². The molecule has 11 heteroatoms. The third kappa shape index (κ3) is 24.2. The number of nitrogens with zero attached hydrogens (tertiary/aromatic N) is 1. The van der Waals surface area contributed by atoms with Gasteiger partial charge in [-0.1, -0.05) is 137 Å². The zero-order chi connectivity index (χ0) is 43.7. The van der Waals surface area contributed by atoms with Crippen LogP contribution in [-0.2, 0) is 20.6 Å². The smallest absolute Gasteiger partial charge is 0.487 e. The Hall–Kier alpha value is -2.13. The number of carboxylic acid groups (broad SMARTS) is 2. The van der Waals surface area contributed by atoms with Gasteiger partial charge in [-0.05, 0) is 101 Å². The van der Waals surface area contributed by atoms with Crippen LogP contribution in [0.15, 0.2) is 0 Å². The van der Waals surface area contributed by atoms with Crippen LogP contribution in [0.1, 0.15) is 205 Å². The normalized spacial score (nSPS) is 16.4. The summed E-state index contributed by atoms with van der Waals surface area (Å²) in [4.78, 5) is 41.9. The fraction of sp³-hybridized carbons (Fsp3) is 0.830. The predicted molar refractivity (Wildman–Crippen MR) is 238 cm³/mol. The van der Waals surface area contributed by atoms with Crippen molar-refractivity contribution in [1.82, 2.24) is 4.90 Å². The molecule has 0 saturated heterocycles. The predicted octanol–water partition coefficient (Wildman–Crippen LogP) is 12.8. The third-order valence-electron chi connectivity index (χ3n) is 12.2. The van der Waals surface area contributed by atoms with Crippen molar-refractivity contribution in [2.75, 3.05) is 19.6 Å². The summed E-state index contributed by atoms with van der Waals surface area (Å²) in [5.41, 5.74) is 3.24. The molecule has 4 N–H and O–H groups in total. The molecular formula is C47H86NO9P. The van der Waals surface area contributed by atoms with E-state index in [0.717, 1.165) is 90.8 Å². The lowest BCUT2D eigenvalue weighted by Gasteiger charge is -2.38. The quantitative estimate of drug-likeness (QED) is 0.0420. The lowest BCUT2D eigenvalue weighted by molar-refractivity contribution is -0.137. The minimum absolute atomic E-state index is 0.0807. The van der Waals surface area contributed by atoms with E-state index in [9.17, 15) is 23.9 Å². The molecule has 0 saturated carbocycles. The molecule has 58 heavy (non-hydrogen) atoms. The zero-order valence-electron chi connectivity index (χ0n) is 38.3. The number of rotatable bonds is 31. The topological polar surface area (TPSA) is 154 Å². The van der Waals surface area contributed by atoms with Gasteiger partial charge >= 0.3 is 19.8 Å². The van der Waals surface area contributed by atoms with Crippen molar-refractivity contribution in [3.63, 3.8) is 0 Å². The molecule has 1 aliphatic rings. The number of hydrogen-bond donors (Lipinski definition) is 4. The number of carbonyl (C=O) groups is 2. The van der Waals surface area contributed by atoms with E-state index in [4.69, 9.17) is 19.5 Å². The van der Waals surface area contributed by atoms with E-state index >= 15 is 0 Å².